The Bertz CT molecular complexity index is 726. The van der Waals surface area contributed by atoms with Crippen molar-refractivity contribution >= 4 is 21.4 Å². The fraction of sp³-hybridized carbons (Fsp3) is 0.286. The van der Waals surface area contributed by atoms with E-state index >= 15 is 0 Å². The number of nitrogens with two attached hydrogens (primary N) is 1. The van der Waals surface area contributed by atoms with E-state index in [2.05, 4.69) is 4.72 Å². The maximum Gasteiger partial charge on any atom is 0.243 e. The van der Waals surface area contributed by atoms with Crippen LogP contribution in [0.2, 0.25) is 0 Å². The van der Waals surface area contributed by atoms with Crippen molar-refractivity contribution in [3.63, 3.8) is 0 Å². The van der Waals surface area contributed by atoms with Crippen LogP contribution in [0.4, 0.5) is 4.39 Å². The molecule has 0 saturated carbocycles. The average Bonchev–Trinajstić information content (AvgIpc) is 2.93. The molecule has 21 heavy (non-hydrogen) atoms. The van der Waals surface area contributed by atoms with Gasteiger partial charge in [0.05, 0.1) is 0 Å². The Labute approximate surface area is 127 Å². The van der Waals surface area contributed by atoms with Crippen LogP contribution in [-0.2, 0) is 29.5 Å². The highest BCUT2D eigenvalue weighted by atomic mass is 32.2. The third-order valence-electron chi connectivity index (χ3n) is 3.02. The molecule has 0 spiro atoms. The van der Waals surface area contributed by atoms with Gasteiger partial charge < -0.3 is 5.73 Å². The predicted octanol–water partition coefficient (Wildman–Crippen LogP) is 2.39. The van der Waals surface area contributed by atoms with E-state index in [0.29, 0.717) is 5.56 Å². The molecule has 0 radical (unpaired) electrons. The Morgan fingerprint density at radius 2 is 1.95 bits per heavy atom. The van der Waals surface area contributed by atoms with Gasteiger partial charge >= 0.3 is 0 Å². The van der Waals surface area contributed by atoms with E-state index in [4.69, 9.17) is 5.73 Å². The molecule has 0 bridgehead atoms. The molecule has 3 N–H and O–H groups in total. The van der Waals surface area contributed by atoms with E-state index in [1.807, 2.05) is 19.1 Å². The van der Waals surface area contributed by atoms with Crippen LogP contribution >= 0.6 is 11.3 Å². The van der Waals surface area contributed by atoms with Gasteiger partial charge in [-0.25, -0.2) is 17.5 Å². The van der Waals surface area contributed by atoms with Crippen molar-refractivity contribution < 1.29 is 12.8 Å². The molecule has 4 nitrogen and oxygen atoms in total. The lowest BCUT2D eigenvalue weighted by Crippen LogP contribution is -2.24. The Morgan fingerprint density at radius 1 is 1.24 bits per heavy atom. The first-order chi connectivity index (χ1) is 9.96. The molecule has 2 aromatic rings. The molecule has 7 heteroatoms. The highest BCUT2D eigenvalue weighted by Crippen LogP contribution is 2.19. The maximum absolute atomic E-state index is 13.8. The van der Waals surface area contributed by atoms with Gasteiger partial charge in [-0.1, -0.05) is 13.0 Å². The van der Waals surface area contributed by atoms with Gasteiger partial charge in [0.2, 0.25) is 10.0 Å². The molecule has 0 fully saturated rings. The number of benzene rings is 1. The van der Waals surface area contributed by atoms with E-state index in [9.17, 15) is 12.8 Å². The first-order valence-corrected chi connectivity index (χ1v) is 8.82. The summed E-state index contributed by atoms with van der Waals surface area (Å²) in [7, 11) is -3.87. The lowest BCUT2D eigenvalue weighted by Gasteiger charge is -2.08. The van der Waals surface area contributed by atoms with Crippen LogP contribution < -0.4 is 10.5 Å². The molecular formula is C14H17FN2O2S2. The van der Waals surface area contributed by atoms with Crippen LogP contribution in [0.5, 0.6) is 0 Å². The zero-order chi connectivity index (χ0) is 15.5. The summed E-state index contributed by atoms with van der Waals surface area (Å²) >= 11 is 1.54. The molecule has 1 heterocycles. The number of rotatable bonds is 6. The van der Waals surface area contributed by atoms with Crippen LogP contribution in [0, 0.1) is 5.82 Å². The van der Waals surface area contributed by atoms with Crippen LogP contribution in [0.1, 0.15) is 22.2 Å². The first kappa shape index (κ1) is 16.1. The second-order valence-electron chi connectivity index (χ2n) is 4.52. The number of sulfonamides is 1. The summed E-state index contributed by atoms with van der Waals surface area (Å²) in [5.41, 5.74) is 5.95. The van der Waals surface area contributed by atoms with Gasteiger partial charge in [0.15, 0.2) is 0 Å². The van der Waals surface area contributed by atoms with E-state index in [0.717, 1.165) is 17.4 Å². The van der Waals surface area contributed by atoms with Crippen LogP contribution in [0.3, 0.4) is 0 Å². The minimum atomic E-state index is -3.87. The average molecular weight is 328 g/mol. The van der Waals surface area contributed by atoms with Gasteiger partial charge in [0.25, 0.3) is 0 Å². The third-order valence-corrected chi connectivity index (χ3v) is 5.69. The lowest BCUT2D eigenvalue weighted by molar-refractivity contribution is 0.556. The van der Waals surface area contributed by atoms with E-state index in [1.54, 1.807) is 11.3 Å². The van der Waals surface area contributed by atoms with Gasteiger partial charge in [-0.2, -0.15) is 0 Å². The van der Waals surface area contributed by atoms with Crippen molar-refractivity contribution in [2.24, 2.45) is 5.73 Å². The SMILES string of the molecule is CCc1ccc(CNS(=O)(=O)c2ccc(CN)cc2F)s1. The molecule has 0 amide bonds. The van der Waals surface area contributed by atoms with Crippen LogP contribution in [0.25, 0.3) is 0 Å². The fourth-order valence-corrected chi connectivity index (χ4v) is 3.89. The second-order valence-corrected chi connectivity index (χ2v) is 7.50. The fourth-order valence-electron chi connectivity index (χ4n) is 1.84. The quantitative estimate of drug-likeness (QED) is 0.855. The van der Waals surface area contributed by atoms with Crippen molar-refractivity contribution in [3.8, 4) is 0 Å². The molecule has 114 valence electrons. The van der Waals surface area contributed by atoms with E-state index in [1.165, 1.54) is 17.0 Å². The zero-order valence-corrected chi connectivity index (χ0v) is 13.2. The molecule has 0 saturated heterocycles. The normalized spacial score (nSPS) is 11.8. The maximum atomic E-state index is 13.8. The van der Waals surface area contributed by atoms with Crippen molar-refractivity contribution in [3.05, 3.63) is 51.5 Å². The summed E-state index contributed by atoms with van der Waals surface area (Å²) in [6.07, 6.45) is 0.909. The monoisotopic (exact) mass is 328 g/mol. The summed E-state index contributed by atoms with van der Waals surface area (Å²) in [5, 5.41) is 0. The Balaban J connectivity index is 2.14. The Hall–Kier alpha value is -1.28. The number of hydrogen-bond donors (Lipinski definition) is 2. The molecule has 0 aliphatic carbocycles. The minimum Gasteiger partial charge on any atom is -0.326 e. The molecule has 2 rings (SSSR count). The van der Waals surface area contributed by atoms with Gasteiger partial charge in [-0.05, 0) is 36.2 Å². The largest absolute Gasteiger partial charge is 0.326 e. The Morgan fingerprint density at radius 3 is 2.52 bits per heavy atom. The number of hydrogen-bond acceptors (Lipinski definition) is 4. The van der Waals surface area contributed by atoms with Crippen molar-refractivity contribution in [1.29, 1.82) is 0 Å². The number of nitrogens with one attached hydrogen (secondary N) is 1. The summed E-state index contributed by atoms with van der Waals surface area (Å²) in [5.74, 6) is -0.786. The van der Waals surface area contributed by atoms with Gasteiger partial charge in [-0.15, -0.1) is 11.3 Å². The molecule has 0 unspecified atom stereocenters. The smallest absolute Gasteiger partial charge is 0.243 e. The highest BCUT2D eigenvalue weighted by molar-refractivity contribution is 7.89. The van der Waals surface area contributed by atoms with Gasteiger partial charge in [0, 0.05) is 22.8 Å². The number of halogens is 1. The van der Waals surface area contributed by atoms with Crippen molar-refractivity contribution in [2.45, 2.75) is 31.3 Å². The topological polar surface area (TPSA) is 72.2 Å². The second kappa shape index (κ2) is 6.65. The molecule has 1 aromatic heterocycles. The van der Waals surface area contributed by atoms with Crippen LogP contribution in [0.15, 0.2) is 35.2 Å². The molecule has 1 aromatic carbocycles. The standard InChI is InChI=1S/C14H17FN2O2S2/c1-2-11-4-5-12(20-11)9-17-21(18,19)14-6-3-10(8-16)7-13(14)15/h3-7,17H,2,8-9,16H2,1H3. The summed E-state index contributed by atoms with van der Waals surface area (Å²) in [4.78, 5) is 1.73. The zero-order valence-electron chi connectivity index (χ0n) is 11.6. The molecular weight excluding hydrogens is 311 g/mol. The predicted molar refractivity (Wildman–Crippen MR) is 82.0 cm³/mol. The Kier molecular flexibility index (Phi) is 5.10. The molecule has 0 aliphatic heterocycles. The third kappa shape index (κ3) is 3.88. The highest BCUT2D eigenvalue weighted by Gasteiger charge is 2.19. The van der Waals surface area contributed by atoms with Gasteiger partial charge in [0.1, 0.15) is 10.7 Å². The lowest BCUT2D eigenvalue weighted by atomic mass is 10.2. The van der Waals surface area contributed by atoms with Crippen LogP contribution in [-0.4, -0.2) is 8.42 Å². The van der Waals surface area contributed by atoms with Crippen molar-refractivity contribution in [1.82, 2.24) is 4.72 Å². The first-order valence-electron chi connectivity index (χ1n) is 6.52. The number of aryl methyl sites for hydroxylation is 1. The summed E-state index contributed by atoms with van der Waals surface area (Å²) < 4.78 is 40.5. The van der Waals surface area contributed by atoms with E-state index < -0.39 is 15.8 Å². The van der Waals surface area contributed by atoms with Gasteiger partial charge in [-0.3, -0.25) is 0 Å². The molecule has 0 aliphatic rings. The number of thiophene rings is 1. The van der Waals surface area contributed by atoms with E-state index in [-0.39, 0.29) is 18.0 Å². The summed E-state index contributed by atoms with van der Waals surface area (Å²) in [6.45, 7) is 2.36. The summed E-state index contributed by atoms with van der Waals surface area (Å²) in [6, 6.07) is 7.74. The minimum absolute atomic E-state index is 0.158. The van der Waals surface area contributed by atoms with Crippen molar-refractivity contribution in [2.75, 3.05) is 0 Å². The molecule has 0 atom stereocenters.